The van der Waals surface area contributed by atoms with Crippen molar-refractivity contribution >= 4 is 43.9 Å². The molecule has 0 spiro atoms. The Morgan fingerprint density at radius 3 is 2.96 bits per heavy atom. The number of amides is 1. The zero-order valence-electron chi connectivity index (χ0n) is 12.2. The van der Waals surface area contributed by atoms with E-state index in [0.717, 1.165) is 20.2 Å². The maximum Gasteiger partial charge on any atom is 0.252 e. The van der Waals surface area contributed by atoms with Gasteiger partial charge in [0.1, 0.15) is 16.6 Å². The lowest BCUT2D eigenvalue weighted by Crippen LogP contribution is -2.18. The number of ether oxygens (including phenoxy) is 1. The van der Waals surface area contributed by atoms with Crippen LogP contribution in [0.25, 0.3) is 10.2 Å². The van der Waals surface area contributed by atoms with Gasteiger partial charge >= 0.3 is 0 Å². The number of nitrogens with one attached hydrogen (secondary N) is 1. The van der Waals surface area contributed by atoms with Crippen LogP contribution in [0.15, 0.2) is 24.3 Å². The quantitative estimate of drug-likeness (QED) is 0.742. The summed E-state index contributed by atoms with van der Waals surface area (Å²) in [5.74, 6) is 0.332. The second-order valence-electron chi connectivity index (χ2n) is 5.34. The van der Waals surface area contributed by atoms with Crippen molar-refractivity contribution in [3.8, 4) is 0 Å². The molecule has 0 radical (unpaired) electrons. The summed E-state index contributed by atoms with van der Waals surface area (Å²) in [6.07, 6.45) is 2.35. The molecule has 3 aromatic rings. The van der Waals surface area contributed by atoms with Gasteiger partial charge in [-0.25, -0.2) is 4.98 Å². The zero-order chi connectivity index (χ0) is 15.6. The van der Waals surface area contributed by atoms with E-state index in [-0.39, 0.29) is 12.5 Å². The van der Waals surface area contributed by atoms with Crippen LogP contribution in [0.1, 0.15) is 28.8 Å². The second kappa shape index (κ2) is 6.31. The Morgan fingerprint density at radius 1 is 1.26 bits per heavy atom. The SMILES string of the molecule is O=C(COCc1nc2ccccc2s1)Nc1nnc(C2CC2)s1. The molecule has 0 unspecified atom stereocenters. The zero-order valence-corrected chi connectivity index (χ0v) is 13.8. The highest BCUT2D eigenvalue weighted by Crippen LogP contribution is 2.42. The first-order valence-electron chi connectivity index (χ1n) is 7.33. The number of rotatable bonds is 6. The molecular formula is C15H14N4O2S2. The predicted octanol–water partition coefficient (Wildman–Crippen LogP) is 3.18. The minimum atomic E-state index is -0.218. The average Bonchev–Trinajstić information content (AvgIpc) is 3.15. The van der Waals surface area contributed by atoms with Gasteiger partial charge in [-0.05, 0) is 25.0 Å². The lowest BCUT2D eigenvalue weighted by atomic mass is 10.3. The summed E-state index contributed by atoms with van der Waals surface area (Å²) < 4.78 is 6.56. The van der Waals surface area contributed by atoms with Gasteiger partial charge in [-0.15, -0.1) is 21.5 Å². The summed E-state index contributed by atoms with van der Waals surface area (Å²) in [6.45, 7) is 0.310. The van der Waals surface area contributed by atoms with Crippen LogP contribution >= 0.6 is 22.7 Å². The number of aromatic nitrogens is 3. The highest BCUT2D eigenvalue weighted by Gasteiger charge is 2.27. The fourth-order valence-corrected chi connectivity index (χ4v) is 3.98. The van der Waals surface area contributed by atoms with Gasteiger partial charge in [0.15, 0.2) is 0 Å². The van der Waals surface area contributed by atoms with E-state index in [0.29, 0.717) is 17.7 Å². The normalized spacial score (nSPS) is 14.3. The minimum absolute atomic E-state index is 0.0196. The van der Waals surface area contributed by atoms with Gasteiger partial charge < -0.3 is 4.74 Å². The number of fused-ring (bicyclic) bond motifs is 1. The second-order valence-corrected chi connectivity index (χ2v) is 7.46. The number of thiazole rings is 1. The van der Waals surface area contributed by atoms with Crippen LogP contribution in [0.4, 0.5) is 5.13 Å². The Kier molecular flexibility index (Phi) is 4.02. The van der Waals surface area contributed by atoms with Crippen molar-refractivity contribution in [1.82, 2.24) is 15.2 Å². The summed E-state index contributed by atoms with van der Waals surface area (Å²) in [6, 6.07) is 7.93. The maximum absolute atomic E-state index is 11.9. The van der Waals surface area contributed by atoms with Gasteiger partial charge in [0, 0.05) is 5.92 Å². The molecule has 0 bridgehead atoms. The maximum atomic E-state index is 11.9. The summed E-state index contributed by atoms with van der Waals surface area (Å²) in [5, 5.41) is 13.2. The Labute approximate surface area is 140 Å². The highest BCUT2D eigenvalue weighted by atomic mass is 32.1. The number of carbonyl (C=O) groups is 1. The van der Waals surface area contributed by atoms with Crippen molar-refractivity contribution in [3.63, 3.8) is 0 Å². The Bertz CT molecular complexity index is 808. The monoisotopic (exact) mass is 346 g/mol. The number of hydrogen-bond acceptors (Lipinski definition) is 7. The average molecular weight is 346 g/mol. The van der Waals surface area contributed by atoms with Gasteiger partial charge in [0.25, 0.3) is 5.91 Å². The molecule has 23 heavy (non-hydrogen) atoms. The van der Waals surface area contributed by atoms with Crippen molar-refractivity contribution in [1.29, 1.82) is 0 Å². The summed E-state index contributed by atoms with van der Waals surface area (Å²) in [5.41, 5.74) is 0.960. The minimum Gasteiger partial charge on any atom is -0.364 e. The van der Waals surface area contributed by atoms with Crippen LogP contribution < -0.4 is 5.32 Å². The third-order valence-electron chi connectivity index (χ3n) is 3.41. The first-order chi connectivity index (χ1) is 11.3. The number of nitrogens with zero attached hydrogens (tertiary/aromatic N) is 3. The lowest BCUT2D eigenvalue weighted by molar-refractivity contribution is -0.121. The summed E-state index contributed by atoms with van der Waals surface area (Å²) in [4.78, 5) is 16.3. The van der Waals surface area contributed by atoms with E-state index in [1.165, 1.54) is 24.2 Å². The van der Waals surface area contributed by atoms with E-state index in [9.17, 15) is 4.79 Å². The van der Waals surface area contributed by atoms with Crippen molar-refractivity contribution in [2.24, 2.45) is 0 Å². The molecule has 4 rings (SSSR count). The topological polar surface area (TPSA) is 77.0 Å². The molecular weight excluding hydrogens is 332 g/mol. The van der Waals surface area contributed by atoms with Crippen LogP contribution in [0.3, 0.4) is 0 Å². The van der Waals surface area contributed by atoms with Crippen molar-refractivity contribution in [2.75, 3.05) is 11.9 Å². The molecule has 6 nitrogen and oxygen atoms in total. The van der Waals surface area contributed by atoms with Gasteiger partial charge in [-0.1, -0.05) is 23.5 Å². The largest absolute Gasteiger partial charge is 0.364 e. The molecule has 0 aliphatic heterocycles. The smallest absolute Gasteiger partial charge is 0.252 e. The third-order valence-corrected chi connectivity index (χ3v) is 5.42. The van der Waals surface area contributed by atoms with Gasteiger partial charge in [-0.2, -0.15) is 0 Å². The van der Waals surface area contributed by atoms with Crippen LogP contribution in [0, 0.1) is 0 Å². The standard InChI is InChI=1S/C15H14N4O2S2/c20-12(17-15-19-18-14(23-15)9-5-6-9)7-21-8-13-16-10-3-1-2-4-11(10)22-13/h1-4,9H,5-8H2,(H,17,19,20). The molecule has 0 atom stereocenters. The number of hydrogen-bond donors (Lipinski definition) is 1. The van der Waals surface area contributed by atoms with E-state index in [1.807, 2.05) is 24.3 Å². The van der Waals surface area contributed by atoms with E-state index in [1.54, 1.807) is 11.3 Å². The van der Waals surface area contributed by atoms with E-state index in [4.69, 9.17) is 4.74 Å². The van der Waals surface area contributed by atoms with Gasteiger partial charge in [-0.3, -0.25) is 10.1 Å². The van der Waals surface area contributed by atoms with E-state index in [2.05, 4.69) is 20.5 Å². The number of carbonyl (C=O) groups excluding carboxylic acids is 1. The van der Waals surface area contributed by atoms with E-state index >= 15 is 0 Å². The van der Waals surface area contributed by atoms with Crippen LogP contribution in [0.5, 0.6) is 0 Å². The van der Waals surface area contributed by atoms with Crippen molar-refractivity contribution in [3.05, 3.63) is 34.3 Å². The molecule has 1 amide bonds. The van der Waals surface area contributed by atoms with Gasteiger partial charge in [0.2, 0.25) is 5.13 Å². The molecule has 8 heteroatoms. The molecule has 1 aliphatic rings. The molecule has 2 heterocycles. The molecule has 0 saturated heterocycles. The first kappa shape index (κ1) is 14.7. The first-order valence-corrected chi connectivity index (χ1v) is 8.97. The number of para-hydroxylation sites is 1. The van der Waals surface area contributed by atoms with Gasteiger partial charge in [0.05, 0.1) is 16.8 Å². The Morgan fingerprint density at radius 2 is 2.13 bits per heavy atom. The number of benzene rings is 1. The highest BCUT2D eigenvalue weighted by molar-refractivity contribution is 7.18. The van der Waals surface area contributed by atoms with Crippen molar-refractivity contribution < 1.29 is 9.53 Å². The fraction of sp³-hybridized carbons (Fsp3) is 0.333. The van der Waals surface area contributed by atoms with Crippen molar-refractivity contribution in [2.45, 2.75) is 25.4 Å². The summed E-state index contributed by atoms with van der Waals surface area (Å²) in [7, 11) is 0. The molecule has 1 N–H and O–H groups in total. The van der Waals surface area contributed by atoms with Crippen LogP contribution in [-0.2, 0) is 16.1 Å². The summed E-state index contributed by atoms with van der Waals surface area (Å²) >= 11 is 3.02. The molecule has 2 aromatic heterocycles. The lowest BCUT2D eigenvalue weighted by Gasteiger charge is -2.01. The van der Waals surface area contributed by atoms with Crippen LogP contribution in [0.2, 0.25) is 0 Å². The van der Waals surface area contributed by atoms with Crippen LogP contribution in [-0.4, -0.2) is 27.7 Å². The number of anilines is 1. The Hall–Kier alpha value is -1.90. The predicted molar refractivity (Wildman–Crippen MR) is 89.8 cm³/mol. The molecule has 1 fully saturated rings. The molecule has 1 saturated carbocycles. The molecule has 1 aliphatic carbocycles. The fourth-order valence-electron chi connectivity index (χ4n) is 2.15. The third kappa shape index (κ3) is 3.54. The molecule has 1 aromatic carbocycles. The van der Waals surface area contributed by atoms with E-state index < -0.39 is 0 Å². The Balaban J connectivity index is 1.27. The molecule has 118 valence electrons.